The second-order valence-electron chi connectivity index (χ2n) is 1.67. The summed E-state index contributed by atoms with van der Waals surface area (Å²) in [7, 11) is 0. The minimum atomic E-state index is -0.745. The maximum absolute atomic E-state index is 10.8. The average Bonchev–Trinajstić information content (AvgIpc) is 1.77. The van der Waals surface area contributed by atoms with Gasteiger partial charge in [-0.1, -0.05) is 0 Å². The maximum atomic E-state index is 10.8. The molecule has 46 valence electrons. The van der Waals surface area contributed by atoms with Gasteiger partial charge in [-0.25, -0.2) is 0 Å². The third-order valence-electron chi connectivity index (χ3n) is 0.997. The Kier molecular flexibility index (Phi) is 1.75. The van der Waals surface area contributed by atoms with E-state index >= 15 is 0 Å². The summed E-state index contributed by atoms with van der Waals surface area (Å²) in [6.45, 7) is 1.89. The first kappa shape index (κ1) is 5.91. The summed E-state index contributed by atoms with van der Waals surface area (Å²) in [6, 6.07) is 0. The van der Waals surface area contributed by atoms with Crippen molar-refractivity contribution in [2.45, 2.75) is 12.2 Å². The second-order valence-corrected chi connectivity index (χ2v) is 3.46. The fourth-order valence-corrected chi connectivity index (χ4v) is 1.12. The first-order chi connectivity index (χ1) is 3.80. The summed E-state index contributed by atoms with van der Waals surface area (Å²) in [5.74, 6) is 0.498. The number of rotatable bonds is 0. The molecule has 0 bridgehead atoms. The maximum Gasteiger partial charge on any atom is 0.191 e. The molecule has 3 nitrogen and oxygen atoms in total. The molecular formula is C4H8N2OS. The van der Waals surface area contributed by atoms with E-state index in [0.717, 1.165) is 0 Å². The smallest absolute Gasteiger partial charge is 0.191 e. The summed E-state index contributed by atoms with van der Waals surface area (Å²) in [6.07, 6.45) is 1.67. The van der Waals surface area contributed by atoms with Crippen LogP contribution < -0.4 is 5.43 Å². The molecule has 0 spiro atoms. The van der Waals surface area contributed by atoms with Crippen molar-refractivity contribution < 1.29 is 4.55 Å². The summed E-state index contributed by atoms with van der Waals surface area (Å²) >= 11 is -0.745. The second kappa shape index (κ2) is 2.37. The van der Waals surface area contributed by atoms with Crippen LogP contribution in [0.5, 0.6) is 0 Å². The number of hydrazone groups is 1. The molecule has 1 aliphatic heterocycles. The van der Waals surface area contributed by atoms with Gasteiger partial charge in [0.15, 0.2) is 11.1 Å². The molecule has 0 saturated carbocycles. The predicted molar refractivity (Wildman–Crippen MR) is 34.1 cm³/mol. The van der Waals surface area contributed by atoms with Crippen molar-refractivity contribution in [2.75, 3.05) is 5.88 Å². The zero-order chi connectivity index (χ0) is 5.98. The highest BCUT2D eigenvalue weighted by Gasteiger charge is 2.16. The van der Waals surface area contributed by atoms with Crippen molar-refractivity contribution in [1.29, 1.82) is 0 Å². The standard InChI is InChI=1S/C4H8N2OS/c1-4-2-5-6-3-8(4)7/h2,4,6H,3H2,1H3. The molecule has 0 fully saturated rings. The van der Waals surface area contributed by atoms with Crippen LogP contribution in [-0.2, 0) is 11.2 Å². The summed E-state index contributed by atoms with van der Waals surface area (Å²) in [5, 5.41) is 3.86. The minimum absolute atomic E-state index is 0.122. The molecule has 1 rings (SSSR count). The van der Waals surface area contributed by atoms with Gasteiger partial charge in [0.2, 0.25) is 0 Å². The lowest BCUT2D eigenvalue weighted by Crippen LogP contribution is -2.33. The molecule has 0 amide bonds. The fourth-order valence-electron chi connectivity index (χ4n) is 0.458. The highest BCUT2D eigenvalue weighted by molar-refractivity contribution is 7.92. The molecule has 2 atom stereocenters. The number of nitrogens with zero attached hydrogens (tertiary/aromatic N) is 1. The Morgan fingerprint density at radius 2 is 2.75 bits per heavy atom. The monoisotopic (exact) mass is 132 g/mol. The van der Waals surface area contributed by atoms with Crippen LogP contribution >= 0.6 is 0 Å². The number of hydrogen-bond acceptors (Lipinski definition) is 3. The Labute approximate surface area is 51.3 Å². The molecule has 0 aromatic carbocycles. The predicted octanol–water partition coefficient (Wildman–Crippen LogP) is -0.330. The molecule has 0 saturated heterocycles. The van der Waals surface area contributed by atoms with Crippen LogP contribution in [-0.4, -0.2) is 21.9 Å². The van der Waals surface area contributed by atoms with Crippen molar-refractivity contribution in [3.05, 3.63) is 0 Å². The molecule has 0 aromatic rings. The third kappa shape index (κ3) is 1.14. The van der Waals surface area contributed by atoms with E-state index in [1.807, 2.05) is 6.92 Å². The number of hydrogen-bond donors (Lipinski definition) is 1. The van der Waals surface area contributed by atoms with E-state index < -0.39 is 11.2 Å². The highest BCUT2D eigenvalue weighted by Crippen LogP contribution is 2.00. The van der Waals surface area contributed by atoms with Crippen molar-refractivity contribution in [3.63, 3.8) is 0 Å². The van der Waals surface area contributed by atoms with Crippen LogP contribution in [0.3, 0.4) is 0 Å². The van der Waals surface area contributed by atoms with Gasteiger partial charge >= 0.3 is 0 Å². The van der Waals surface area contributed by atoms with E-state index in [1.165, 1.54) is 0 Å². The van der Waals surface area contributed by atoms with Gasteiger partial charge in [-0.2, -0.15) is 5.10 Å². The van der Waals surface area contributed by atoms with Gasteiger partial charge in [0.25, 0.3) is 0 Å². The largest absolute Gasteiger partial charge is 0.614 e. The van der Waals surface area contributed by atoms with E-state index in [0.29, 0.717) is 5.88 Å². The third-order valence-corrected chi connectivity index (χ3v) is 2.36. The zero-order valence-corrected chi connectivity index (χ0v) is 5.44. The molecule has 0 aromatic heterocycles. The van der Waals surface area contributed by atoms with Crippen LogP contribution in [0.25, 0.3) is 0 Å². The molecule has 0 radical (unpaired) electrons. The van der Waals surface area contributed by atoms with Crippen molar-refractivity contribution in [2.24, 2.45) is 5.10 Å². The van der Waals surface area contributed by atoms with Crippen molar-refractivity contribution in [1.82, 2.24) is 5.43 Å². The SMILES string of the molecule is CC1C=NNC[S+]1[O-]. The van der Waals surface area contributed by atoms with Crippen LogP contribution in [0.2, 0.25) is 0 Å². The van der Waals surface area contributed by atoms with E-state index in [4.69, 9.17) is 0 Å². The Bertz CT molecular complexity index is 106. The van der Waals surface area contributed by atoms with Gasteiger partial charge < -0.3 is 4.55 Å². The van der Waals surface area contributed by atoms with Crippen LogP contribution in [0.4, 0.5) is 0 Å². The van der Waals surface area contributed by atoms with E-state index in [1.54, 1.807) is 6.21 Å². The quantitative estimate of drug-likeness (QED) is 0.459. The lowest BCUT2D eigenvalue weighted by Gasteiger charge is -2.17. The van der Waals surface area contributed by atoms with E-state index in [9.17, 15) is 4.55 Å². The van der Waals surface area contributed by atoms with Gasteiger partial charge in [0.1, 0.15) is 0 Å². The molecular weight excluding hydrogens is 124 g/mol. The minimum Gasteiger partial charge on any atom is -0.614 e. The molecule has 4 heteroatoms. The first-order valence-electron chi connectivity index (χ1n) is 2.44. The Morgan fingerprint density at radius 1 is 2.00 bits per heavy atom. The zero-order valence-electron chi connectivity index (χ0n) is 4.63. The van der Waals surface area contributed by atoms with E-state index in [2.05, 4.69) is 10.5 Å². The number of nitrogens with one attached hydrogen (secondary N) is 1. The molecule has 8 heavy (non-hydrogen) atoms. The molecule has 0 aliphatic carbocycles. The van der Waals surface area contributed by atoms with Crippen molar-refractivity contribution >= 4 is 17.4 Å². The van der Waals surface area contributed by atoms with Crippen LogP contribution in [0.1, 0.15) is 6.92 Å². The molecule has 2 unspecified atom stereocenters. The lowest BCUT2D eigenvalue weighted by atomic mass is 10.5. The van der Waals surface area contributed by atoms with Gasteiger partial charge in [0.05, 0.1) is 6.21 Å². The van der Waals surface area contributed by atoms with Gasteiger partial charge in [-0.15, -0.1) is 0 Å². The van der Waals surface area contributed by atoms with Gasteiger partial charge in [-0.05, 0) is 18.1 Å². The van der Waals surface area contributed by atoms with Crippen molar-refractivity contribution in [3.8, 4) is 0 Å². The van der Waals surface area contributed by atoms with Crippen LogP contribution in [0, 0.1) is 0 Å². The Balaban J connectivity index is 2.47. The topological polar surface area (TPSA) is 47.5 Å². The normalized spacial score (nSPS) is 36.8. The average molecular weight is 132 g/mol. The highest BCUT2D eigenvalue weighted by atomic mass is 32.2. The Hall–Kier alpha value is -0.220. The lowest BCUT2D eigenvalue weighted by molar-refractivity contribution is 0.582. The Morgan fingerprint density at radius 3 is 3.12 bits per heavy atom. The van der Waals surface area contributed by atoms with Gasteiger partial charge in [-0.3, -0.25) is 5.43 Å². The van der Waals surface area contributed by atoms with Crippen LogP contribution in [0.15, 0.2) is 5.10 Å². The van der Waals surface area contributed by atoms with E-state index in [-0.39, 0.29) is 5.25 Å². The summed E-state index contributed by atoms with van der Waals surface area (Å²) < 4.78 is 10.8. The summed E-state index contributed by atoms with van der Waals surface area (Å²) in [4.78, 5) is 0. The fraction of sp³-hybridized carbons (Fsp3) is 0.750. The molecule has 1 aliphatic rings. The molecule has 1 heterocycles. The molecule has 1 N–H and O–H groups in total. The summed E-state index contributed by atoms with van der Waals surface area (Å²) in [5.41, 5.74) is 2.63. The first-order valence-corrected chi connectivity index (χ1v) is 3.82. The van der Waals surface area contributed by atoms with Gasteiger partial charge in [0, 0.05) is 0 Å².